The summed E-state index contributed by atoms with van der Waals surface area (Å²) in [5, 5.41) is 0. The normalized spacial score (nSPS) is 12.5. The van der Waals surface area contributed by atoms with E-state index in [0.29, 0.717) is 0 Å². The molecule has 0 atom stereocenters. The van der Waals surface area contributed by atoms with E-state index in [1.807, 2.05) is 18.2 Å². The van der Waals surface area contributed by atoms with Gasteiger partial charge >= 0.3 is 0 Å². The van der Waals surface area contributed by atoms with E-state index < -0.39 is 0 Å². The van der Waals surface area contributed by atoms with Gasteiger partial charge in [0, 0.05) is 8.96 Å². The fraction of sp³-hybridized carbons (Fsp3) is 0.273. The Balaban J connectivity index is 2.89. The molecule has 0 N–H and O–H groups in total. The zero-order chi connectivity index (χ0) is 9.68. The molecule has 1 rings (SSSR count). The van der Waals surface area contributed by atoms with E-state index in [9.17, 15) is 0 Å². The fourth-order valence-corrected chi connectivity index (χ4v) is 2.16. The van der Waals surface area contributed by atoms with Crippen molar-refractivity contribution in [2.75, 3.05) is 0 Å². The maximum atomic E-state index is 3.59. The van der Waals surface area contributed by atoms with Crippen molar-refractivity contribution in [1.29, 1.82) is 0 Å². The minimum absolute atomic E-state index is 1.08. The lowest BCUT2D eigenvalue weighted by molar-refractivity contribution is 0.954. The number of benzene rings is 1. The highest BCUT2D eigenvalue weighted by Crippen LogP contribution is 2.30. The molecule has 0 aliphatic carbocycles. The van der Waals surface area contributed by atoms with Crippen molar-refractivity contribution in [2.24, 2.45) is 0 Å². The Labute approximate surface area is 96.3 Å². The van der Waals surface area contributed by atoms with E-state index in [0.717, 1.165) is 17.3 Å². The van der Waals surface area contributed by atoms with Crippen LogP contribution in [0.25, 0.3) is 4.48 Å². The van der Waals surface area contributed by atoms with Gasteiger partial charge in [0.2, 0.25) is 0 Å². The lowest BCUT2D eigenvalue weighted by atomic mass is 10.2. The van der Waals surface area contributed by atoms with E-state index in [-0.39, 0.29) is 0 Å². The van der Waals surface area contributed by atoms with Crippen LogP contribution in [0.15, 0.2) is 34.8 Å². The number of rotatable bonds is 3. The zero-order valence-corrected chi connectivity index (χ0v) is 10.7. The largest absolute Gasteiger partial charge is 0.0650 e. The molecular formula is C11H12Br2. The molecular weight excluding hydrogens is 292 g/mol. The molecule has 2 heteroatoms. The van der Waals surface area contributed by atoms with Gasteiger partial charge in [0.05, 0.1) is 0 Å². The fourth-order valence-electron chi connectivity index (χ4n) is 1.07. The average molecular weight is 304 g/mol. The van der Waals surface area contributed by atoms with Crippen LogP contribution in [-0.4, -0.2) is 0 Å². The predicted molar refractivity (Wildman–Crippen MR) is 66.1 cm³/mol. The first kappa shape index (κ1) is 11.0. The van der Waals surface area contributed by atoms with Crippen molar-refractivity contribution >= 4 is 36.3 Å². The first-order valence-corrected chi connectivity index (χ1v) is 5.94. The summed E-state index contributed by atoms with van der Waals surface area (Å²) in [6.07, 6.45) is 2.23. The van der Waals surface area contributed by atoms with Crippen LogP contribution in [0.2, 0.25) is 0 Å². The third kappa shape index (κ3) is 3.28. The van der Waals surface area contributed by atoms with E-state index in [1.165, 1.54) is 10.0 Å². The summed E-state index contributed by atoms with van der Waals surface area (Å²) in [4.78, 5) is 0. The molecule has 0 nitrogen and oxygen atoms in total. The molecule has 0 heterocycles. The van der Waals surface area contributed by atoms with Gasteiger partial charge in [-0.1, -0.05) is 59.6 Å². The molecule has 0 spiro atoms. The summed E-state index contributed by atoms with van der Waals surface area (Å²) in [5.74, 6) is 0. The van der Waals surface area contributed by atoms with Crippen LogP contribution in [0.3, 0.4) is 0 Å². The minimum Gasteiger partial charge on any atom is -0.0650 e. The Bertz CT molecular complexity index is 288. The van der Waals surface area contributed by atoms with Crippen molar-refractivity contribution in [3.05, 3.63) is 40.4 Å². The summed E-state index contributed by atoms with van der Waals surface area (Å²) < 4.78 is 2.40. The second-order valence-corrected chi connectivity index (χ2v) is 4.59. The smallest absolute Gasteiger partial charge is 0.0348 e. The van der Waals surface area contributed by atoms with Crippen LogP contribution >= 0.6 is 31.9 Å². The molecule has 0 aliphatic heterocycles. The molecule has 0 saturated heterocycles. The number of hydrogen-bond donors (Lipinski definition) is 0. The molecule has 13 heavy (non-hydrogen) atoms. The lowest BCUT2D eigenvalue weighted by Gasteiger charge is -2.03. The quantitative estimate of drug-likeness (QED) is 0.741. The van der Waals surface area contributed by atoms with Crippen molar-refractivity contribution in [1.82, 2.24) is 0 Å². The van der Waals surface area contributed by atoms with Crippen molar-refractivity contribution < 1.29 is 0 Å². The van der Waals surface area contributed by atoms with E-state index in [4.69, 9.17) is 0 Å². The highest BCUT2D eigenvalue weighted by molar-refractivity contribution is 9.16. The Morgan fingerprint density at radius 1 is 1.15 bits per heavy atom. The van der Waals surface area contributed by atoms with Crippen LogP contribution in [0.4, 0.5) is 0 Å². The highest BCUT2D eigenvalue weighted by Gasteiger charge is 2.01. The van der Waals surface area contributed by atoms with Crippen molar-refractivity contribution in [3.8, 4) is 0 Å². The summed E-state index contributed by atoms with van der Waals surface area (Å²) in [5.41, 5.74) is 1.22. The predicted octanol–water partition coefficient (Wildman–Crippen LogP) is 4.95. The standard InChI is InChI=1S/C11H12Br2/c1-2-6-10(12)11(13)9-7-4-3-5-8-9/h3-5,7-8H,2,6H2,1H3/b11-10-. The summed E-state index contributed by atoms with van der Waals surface area (Å²) in [6, 6.07) is 10.3. The zero-order valence-electron chi connectivity index (χ0n) is 7.56. The van der Waals surface area contributed by atoms with Crippen LogP contribution < -0.4 is 0 Å². The van der Waals surface area contributed by atoms with Gasteiger partial charge in [-0.25, -0.2) is 0 Å². The van der Waals surface area contributed by atoms with Gasteiger partial charge in [-0.2, -0.15) is 0 Å². The number of hydrogen-bond acceptors (Lipinski definition) is 0. The summed E-state index contributed by atoms with van der Waals surface area (Å²) >= 11 is 7.16. The second-order valence-electron chi connectivity index (χ2n) is 2.83. The summed E-state index contributed by atoms with van der Waals surface area (Å²) in [6.45, 7) is 2.17. The van der Waals surface area contributed by atoms with Gasteiger partial charge in [0.15, 0.2) is 0 Å². The van der Waals surface area contributed by atoms with Gasteiger partial charge in [0.25, 0.3) is 0 Å². The molecule has 0 unspecified atom stereocenters. The molecule has 0 aromatic heterocycles. The van der Waals surface area contributed by atoms with Gasteiger partial charge in [0.1, 0.15) is 0 Å². The Morgan fingerprint density at radius 2 is 1.77 bits per heavy atom. The number of allylic oxidation sites excluding steroid dienone is 1. The molecule has 0 aliphatic rings. The van der Waals surface area contributed by atoms with Crippen LogP contribution in [0.1, 0.15) is 25.3 Å². The average Bonchev–Trinajstić information content (AvgIpc) is 2.18. The molecule has 0 amide bonds. The molecule has 0 bridgehead atoms. The van der Waals surface area contributed by atoms with E-state index >= 15 is 0 Å². The Morgan fingerprint density at radius 3 is 2.31 bits per heavy atom. The third-order valence-corrected chi connectivity index (χ3v) is 4.00. The first-order valence-electron chi connectivity index (χ1n) is 4.35. The van der Waals surface area contributed by atoms with Gasteiger partial charge in [-0.05, 0) is 27.9 Å². The topological polar surface area (TPSA) is 0 Å². The van der Waals surface area contributed by atoms with E-state index in [1.54, 1.807) is 0 Å². The number of halogens is 2. The Kier molecular flexibility index (Phi) is 4.74. The van der Waals surface area contributed by atoms with Gasteiger partial charge in [-0.15, -0.1) is 0 Å². The maximum Gasteiger partial charge on any atom is 0.0348 e. The van der Waals surface area contributed by atoms with Crippen molar-refractivity contribution in [3.63, 3.8) is 0 Å². The molecule has 0 radical (unpaired) electrons. The van der Waals surface area contributed by atoms with Crippen LogP contribution in [-0.2, 0) is 0 Å². The maximum absolute atomic E-state index is 3.59. The second kappa shape index (κ2) is 5.61. The summed E-state index contributed by atoms with van der Waals surface area (Å²) in [7, 11) is 0. The molecule has 0 fully saturated rings. The third-order valence-electron chi connectivity index (χ3n) is 1.73. The van der Waals surface area contributed by atoms with Gasteiger partial charge < -0.3 is 0 Å². The first-order chi connectivity index (χ1) is 6.25. The SMILES string of the molecule is CCC/C(Br)=C(/Br)c1ccccc1. The van der Waals surface area contributed by atoms with Crippen molar-refractivity contribution in [2.45, 2.75) is 19.8 Å². The Hall–Kier alpha value is -0.0800. The molecule has 70 valence electrons. The lowest BCUT2D eigenvalue weighted by Crippen LogP contribution is -1.79. The molecule has 0 saturated carbocycles. The monoisotopic (exact) mass is 302 g/mol. The van der Waals surface area contributed by atoms with Gasteiger partial charge in [-0.3, -0.25) is 0 Å². The minimum atomic E-state index is 1.08. The highest BCUT2D eigenvalue weighted by atomic mass is 79.9. The van der Waals surface area contributed by atoms with Crippen LogP contribution in [0.5, 0.6) is 0 Å². The molecule has 1 aromatic rings. The molecule has 1 aromatic carbocycles. The van der Waals surface area contributed by atoms with Crippen LogP contribution in [0, 0.1) is 0 Å². The van der Waals surface area contributed by atoms with E-state index in [2.05, 4.69) is 50.9 Å².